The van der Waals surface area contributed by atoms with Gasteiger partial charge in [0.2, 0.25) is 0 Å². The number of fused-ring (bicyclic) bond motifs is 1. The topological polar surface area (TPSA) is 86.2 Å². The molecular formula is C8H6F2N2O3S. The predicted molar refractivity (Wildman–Crippen MR) is 51.6 cm³/mol. The molecular weight excluding hydrogens is 242 g/mol. The zero-order valence-electron chi connectivity index (χ0n) is 7.72. The standard InChI is InChI=1S/C8H6F2N2O3S/c9-7(10)16(13,14)8-12-5-2-1-4(11)3-6(5)15-8/h1-3,7H,11H2. The average Bonchev–Trinajstić information content (AvgIpc) is 2.60. The summed E-state index contributed by atoms with van der Waals surface area (Å²) in [5.41, 5.74) is 5.96. The number of nitrogen functional groups attached to an aromatic ring is 1. The van der Waals surface area contributed by atoms with E-state index in [9.17, 15) is 17.2 Å². The van der Waals surface area contributed by atoms with Crippen molar-refractivity contribution in [2.75, 3.05) is 5.73 Å². The van der Waals surface area contributed by atoms with Crippen molar-refractivity contribution in [2.45, 2.75) is 11.0 Å². The molecule has 1 aromatic heterocycles. The number of nitrogens with two attached hydrogens (primary N) is 1. The minimum atomic E-state index is -4.80. The Morgan fingerprint density at radius 3 is 2.69 bits per heavy atom. The fraction of sp³-hybridized carbons (Fsp3) is 0.125. The molecule has 0 fully saturated rings. The Kier molecular flexibility index (Phi) is 2.30. The summed E-state index contributed by atoms with van der Waals surface area (Å²) in [4.78, 5) is 3.46. The van der Waals surface area contributed by atoms with Gasteiger partial charge in [0.15, 0.2) is 5.58 Å². The third-order valence-electron chi connectivity index (χ3n) is 1.87. The summed E-state index contributed by atoms with van der Waals surface area (Å²) in [6.45, 7) is 0. The number of oxazole rings is 1. The van der Waals surface area contributed by atoms with Crippen molar-refractivity contribution in [1.29, 1.82) is 0 Å². The van der Waals surface area contributed by atoms with E-state index < -0.39 is 20.8 Å². The number of hydrogen-bond donors (Lipinski definition) is 1. The third kappa shape index (κ3) is 1.60. The summed E-state index contributed by atoms with van der Waals surface area (Å²) < 4.78 is 51.2. The van der Waals surface area contributed by atoms with Crippen LogP contribution in [0.25, 0.3) is 11.1 Å². The number of anilines is 1. The fourth-order valence-corrected chi connectivity index (χ4v) is 1.70. The molecule has 2 aromatic rings. The second-order valence-electron chi connectivity index (χ2n) is 3.01. The Hall–Kier alpha value is -1.70. The minimum absolute atomic E-state index is 0.0548. The van der Waals surface area contributed by atoms with Gasteiger partial charge in [-0.1, -0.05) is 0 Å². The molecule has 0 saturated carbocycles. The van der Waals surface area contributed by atoms with Crippen molar-refractivity contribution >= 4 is 26.6 Å². The molecule has 0 spiro atoms. The lowest BCUT2D eigenvalue weighted by Gasteiger charge is -1.94. The molecule has 1 heterocycles. The van der Waals surface area contributed by atoms with Crippen LogP contribution in [0.1, 0.15) is 0 Å². The first-order valence-corrected chi connectivity index (χ1v) is 5.64. The molecule has 2 rings (SSSR count). The van der Waals surface area contributed by atoms with Crippen molar-refractivity contribution in [3.05, 3.63) is 18.2 Å². The molecule has 8 heteroatoms. The monoisotopic (exact) mass is 248 g/mol. The summed E-state index contributed by atoms with van der Waals surface area (Å²) >= 11 is 0. The van der Waals surface area contributed by atoms with Crippen LogP contribution in [0.3, 0.4) is 0 Å². The van der Waals surface area contributed by atoms with Crippen LogP contribution in [-0.4, -0.2) is 19.2 Å². The number of halogens is 2. The van der Waals surface area contributed by atoms with Gasteiger partial charge in [0.1, 0.15) is 5.52 Å². The molecule has 0 bridgehead atoms. The first kappa shape index (κ1) is 10.8. The lowest BCUT2D eigenvalue weighted by molar-refractivity contribution is 0.230. The molecule has 0 aliphatic heterocycles. The number of nitrogens with zero attached hydrogens (tertiary/aromatic N) is 1. The Bertz CT molecular complexity index is 636. The van der Waals surface area contributed by atoms with Crippen LogP contribution in [-0.2, 0) is 9.84 Å². The van der Waals surface area contributed by atoms with E-state index in [1.54, 1.807) is 0 Å². The van der Waals surface area contributed by atoms with Gasteiger partial charge in [-0.05, 0) is 12.1 Å². The molecule has 1 aromatic carbocycles. The molecule has 16 heavy (non-hydrogen) atoms. The normalized spacial score (nSPS) is 12.4. The Morgan fingerprint density at radius 2 is 2.06 bits per heavy atom. The largest absolute Gasteiger partial charge is 0.428 e. The van der Waals surface area contributed by atoms with Gasteiger partial charge in [-0.2, -0.15) is 13.8 Å². The van der Waals surface area contributed by atoms with Crippen LogP contribution in [0.4, 0.5) is 14.5 Å². The molecule has 0 amide bonds. The van der Waals surface area contributed by atoms with Crippen LogP contribution in [0.2, 0.25) is 0 Å². The lowest BCUT2D eigenvalue weighted by atomic mass is 10.3. The molecule has 0 atom stereocenters. The van der Waals surface area contributed by atoms with E-state index in [1.165, 1.54) is 18.2 Å². The fourth-order valence-electron chi connectivity index (χ4n) is 1.12. The molecule has 0 aliphatic carbocycles. The SMILES string of the molecule is Nc1ccc2nc(S(=O)(=O)C(F)F)oc2c1. The van der Waals surface area contributed by atoms with Gasteiger partial charge in [0.25, 0.3) is 9.84 Å². The number of hydrogen-bond acceptors (Lipinski definition) is 5. The number of benzene rings is 1. The smallest absolute Gasteiger partial charge is 0.345 e. The van der Waals surface area contributed by atoms with Crippen LogP contribution >= 0.6 is 0 Å². The van der Waals surface area contributed by atoms with E-state index in [-0.39, 0.29) is 11.1 Å². The molecule has 0 radical (unpaired) electrons. The quantitative estimate of drug-likeness (QED) is 0.812. The zero-order valence-corrected chi connectivity index (χ0v) is 8.54. The highest BCUT2D eigenvalue weighted by atomic mass is 32.2. The summed E-state index contributed by atoms with van der Waals surface area (Å²) in [5, 5.41) is -0.997. The molecule has 86 valence electrons. The van der Waals surface area contributed by atoms with Gasteiger partial charge in [0, 0.05) is 11.8 Å². The van der Waals surface area contributed by atoms with Crippen LogP contribution in [0.15, 0.2) is 27.8 Å². The highest BCUT2D eigenvalue weighted by Gasteiger charge is 2.32. The van der Waals surface area contributed by atoms with Gasteiger partial charge in [0.05, 0.1) is 0 Å². The van der Waals surface area contributed by atoms with Crippen LogP contribution in [0.5, 0.6) is 0 Å². The molecule has 0 unspecified atom stereocenters. The lowest BCUT2D eigenvalue weighted by Crippen LogP contribution is -2.11. The van der Waals surface area contributed by atoms with Gasteiger partial charge < -0.3 is 10.2 Å². The van der Waals surface area contributed by atoms with Crippen molar-refractivity contribution in [2.24, 2.45) is 0 Å². The Balaban J connectivity index is 2.65. The van der Waals surface area contributed by atoms with Crippen molar-refractivity contribution in [3.8, 4) is 0 Å². The van der Waals surface area contributed by atoms with E-state index in [0.717, 1.165) is 0 Å². The van der Waals surface area contributed by atoms with E-state index in [0.29, 0.717) is 5.69 Å². The summed E-state index contributed by atoms with van der Waals surface area (Å²) in [6, 6.07) is 4.16. The maximum Gasteiger partial charge on any atom is 0.345 e. The highest BCUT2D eigenvalue weighted by molar-refractivity contribution is 7.91. The van der Waals surface area contributed by atoms with Gasteiger partial charge in [-0.3, -0.25) is 0 Å². The molecule has 0 saturated heterocycles. The van der Waals surface area contributed by atoms with E-state index >= 15 is 0 Å². The molecule has 5 nitrogen and oxygen atoms in total. The second-order valence-corrected chi connectivity index (χ2v) is 4.81. The Morgan fingerprint density at radius 1 is 1.38 bits per heavy atom. The Labute approximate surface area is 88.8 Å². The summed E-state index contributed by atoms with van der Waals surface area (Å²) in [7, 11) is -4.80. The van der Waals surface area contributed by atoms with Crippen molar-refractivity contribution in [3.63, 3.8) is 0 Å². The second kappa shape index (κ2) is 3.41. The number of rotatable bonds is 2. The van der Waals surface area contributed by atoms with Crippen molar-refractivity contribution < 1.29 is 21.6 Å². The zero-order chi connectivity index (χ0) is 11.9. The maximum absolute atomic E-state index is 12.2. The first-order chi connectivity index (χ1) is 7.41. The molecule has 2 N–H and O–H groups in total. The third-order valence-corrected chi connectivity index (χ3v) is 3.00. The first-order valence-electron chi connectivity index (χ1n) is 4.09. The molecule has 0 aliphatic rings. The maximum atomic E-state index is 12.2. The van der Waals surface area contributed by atoms with Crippen LogP contribution in [0, 0.1) is 0 Å². The number of aromatic nitrogens is 1. The van der Waals surface area contributed by atoms with Gasteiger partial charge >= 0.3 is 11.0 Å². The number of alkyl halides is 2. The highest BCUT2D eigenvalue weighted by Crippen LogP contribution is 2.24. The summed E-state index contributed by atoms with van der Waals surface area (Å²) in [6.07, 6.45) is 0. The van der Waals surface area contributed by atoms with Gasteiger partial charge in [-0.15, -0.1) is 0 Å². The minimum Gasteiger partial charge on any atom is -0.428 e. The van der Waals surface area contributed by atoms with E-state index in [4.69, 9.17) is 10.2 Å². The van der Waals surface area contributed by atoms with Gasteiger partial charge in [-0.25, -0.2) is 8.42 Å². The number of sulfone groups is 1. The average molecular weight is 248 g/mol. The van der Waals surface area contributed by atoms with Crippen molar-refractivity contribution in [1.82, 2.24) is 4.98 Å². The van der Waals surface area contributed by atoms with Crippen LogP contribution < -0.4 is 5.73 Å². The van der Waals surface area contributed by atoms with E-state index in [2.05, 4.69) is 4.98 Å². The predicted octanol–water partition coefficient (Wildman–Crippen LogP) is 1.41. The summed E-state index contributed by atoms with van der Waals surface area (Å²) in [5.74, 6) is -3.56. The van der Waals surface area contributed by atoms with E-state index in [1.807, 2.05) is 0 Å².